The molecular formula is C41H34N4O2P2. The lowest BCUT2D eigenvalue weighted by Gasteiger charge is -2.34. The average molecular weight is 677 g/mol. The largest absolute Gasteiger partial charge is 0.399 e. The number of hydrogen-bond acceptors (Lipinski definition) is 6. The van der Waals surface area contributed by atoms with Gasteiger partial charge in [0.1, 0.15) is 5.40 Å². The van der Waals surface area contributed by atoms with Crippen molar-refractivity contribution in [2.75, 3.05) is 5.73 Å². The maximum absolute atomic E-state index is 16.6. The number of nitrogens with two attached hydrogens (primary N) is 1. The van der Waals surface area contributed by atoms with Crippen LogP contribution in [0.15, 0.2) is 170 Å². The first-order chi connectivity index (χ1) is 23.9. The van der Waals surface area contributed by atoms with E-state index in [4.69, 9.17) is 20.7 Å². The Morgan fingerprint density at radius 3 is 1.12 bits per heavy atom. The molecule has 0 atom stereocenters. The maximum atomic E-state index is 16.6. The predicted octanol–water partition coefficient (Wildman–Crippen LogP) is 8.12. The Hall–Kier alpha value is -5.41. The fourth-order valence-corrected chi connectivity index (χ4v) is 14.6. The zero-order valence-corrected chi connectivity index (χ0v) is 28.7. The zero-order valence-electron chi connectivity index (χ0n) is 26.9. The van der Waals surface area contributed by atoms with E-state index in [-0.39, 0.29) is 5.82 Å². The van der Waals surface area contributed by atoms with E-state index < -0.39 is 19.7 Å². The minimum Gasteiger partial charge on any atom is -0.399 e. The lowest BCUT2D eigenvalue weighted by atomic mass is 10.1. The fraction of sp³-hybridized carbons (Fsp3) is 0.0488. The molecule has 240 valence electrons. The van der Waals surface area contributed by atoms with E-state index in [1.807, 2.05) is 165 Å². The zero-order chi connectivity index (χ0) is 33.8. The van der Waals surface area contributed by atoms with E-state index >= 15 is 9.13 Å². The Kier molecular flexibility index (Phi) is 8.93. The van der Waals surface area contributed by atoms with Crippen LogP contribution in [0.1, 0.15) is 16.8 Å². The minimum absolute atomic E-state index is 0.185. The molecule has 0 unspecified atom stereocenters. The van der Waals surface area contributed by atoms with Gasteiger partial charge in [0.05, 0.1) is 0 Å². The Morgan fingerprint density at radius 1 is 0.449 bits per heavy atom. The Bertz CT molecular complexity index is 2040. The van der Waals surface area contributed by atoms with Crippen LogP contribution in [0.4, 0.5) is 5.69 Å². The predicted molar refractivity (Wildman–Crippen MR) is 202 cm³/mol. The number of hydrogen-bond donors (Lipinski definition) is 1. The second kappa shape index (κ2) is 13.6. The molecule has 0 aliphatic carbocycles. The molecule has 1 heterocycles. The van der Waals surface area contributed by atoms with Crippen molar-refractivity contribution in [2.24, 2.45) is 0 Å². The smallest absolute Gasteiger partial charge is 0.163 e. The molecule has 6 aromatic carbocycles. The van der Waals surface area contributed by atoms with E-state index in [1.165, 1.54) is 0 Å². The van der Waals surface area contributed by atoms with E-state index in [2.05, 4.69) is 0 Å². The fourth-order valence-electron chi connectivity index (χ4n) is 6.12. The van der Waals surface area contributed by atoms with Crippen molar-refractivity contribution in [3.05, 3.63) is 181 Å². The number of aromatic nitrogens is 3. The van der Waals surface area contributed by atoms with Gasteiger partial charge in [-0.2, -0.15) is 0 Å². The summed E-state index contributed by atoms with van der Waals surface area (Å²) >= 11 is 0. The van der Waals surface area contributed by atoms with Crippen LogP contribution in [0.2, 0.25) is 0 Å². The molecular weight excluding hydrogens is 642 g/mol. The number of aryl methyl sites for hydroxylation is 1. The van der Waals surface area contributed by atoms with Gasteiger partial charge in [0.25, 0.3) is 0 Å². The van der Waals surface area contributed by atoms with Crippen LogP contribution in [0, 0.1) is 6.92 Å². The average Bonchev–Trinajstić information content (AvgIpc) is 3.16. The highest BCUT2D eigenvalue weighted by Gasteiger charge is 2.52. The molecule has 0 bridgehead atoms. The summed E-state index contributed by atoms with van der Waals surface area (Å²) in [6.45, 7) is 2.02. The van der Waals surface area contributed by atoms with Gasteiger partial charge >= 0.3 is 0 Å². The van der Waals surface area contributed by atoms with Crippen LogP contribution < -0.4 is 27.0 Å². The van der Waals surface area contributed by atoms with Crippen molar-refractivity contribution in [3.63, 3.8) is 0 Å². The molecule has 7 rings (SSSR count). The molecule has 8 heteroatoms. The third-order valence-electron chi connectivity index (χ3n) is 8.61. The summed E-state index contributed by atoms with van der Waals surface area (Å²) in [4.78, 5) is 15.2. The second-order valence-corrected chi connectivity index (χ2v) is 18.0. The Morgan fingerprint density at radius 2 is 0.776 bits per heavy atom. The highest BCUT2D eigenvalue weighted by atomic mass is 31.2. The van der Waals surface area contributed by atoms with Crippen LogP contribution in [0.3, 0.4) is 0 Å². The first kappa shape index (κ1) is 32.2. The summed E-state index contributed by atoms with van der Waals surface area (Å²) in [6.07, 6.45) is 0. The monoisotopic (exact) mass is 676 g/mol. The number of nitrogens with zero attached hydrogens (tertiary/aromatic N) is 3. The third kappa shape index (κ3) is 6.18. The summed E-state index contributed by atoms with van der Waals surface area (Å²) in [7, 11) is -7.77. The summed E-state index contributed by atoms with van der Waals surface area (Å²) in [6, 6.07) is 52.5. The molecule has 0 saturated heterocycles. The van der Waals surface area contributed by atoms with E-state index in [0.717, 1.165) is 11.1 Å². The van der Waals surface area contributed by atoms with Gasteiger partial charge in [0, 0.05) is 38.0 Å². The molecule has 1 aromatic heterocycles. The highest BCUT2D eigenvalue weighted by molar-refractivity contribution is 7.94. The van der Waals surface area contributed by atoms with Crippen LogP contribution in [-0.4, -0.2) is 15.0 Å². The molecule has 7 aromatic rings. The van der Waals surface area contributed by atoms with Gasteiger partial charge in [0.2, 0.25) is 0 Å². The second-order valence-electron chi connectivity index (χ2n) is 11.9. The molecule has 0 saturated carbocycles. The van der Waals surface area contributed by atoms with E-state index in [1.54, 1.807) is 12.1 Å². The van der Waals surface area contributed by atoms with Gasteiger partial charge in [0.15, 0.2) is 31.8 Å². The minimum atomic E-state index is -3.88. The SMILES string of the molecule is Cc1ccc(-c2nc(-c3ccc(N)cc3)nc(C(P(=O)(c3ccccc3)c3ccccc3)P(=O)(c3ccccc3)c3ccccc3)n2)cc1. The van der Waals surface area contributed by atoms with Crippen molar-refractivity contribution in [2.45, 2.75) is 12.3 Å². The third-order valence-corrected chi connectivity index (χ3v) is 16.7. The summed E-state index contributed by atoms with van der Waals surface area (Å²) < 4.78 is 33.2. The number of benzene rings is 6. The molecule has 0 radical (unpaired) electrons. The molecule has 6 nitrogen and oxygen atoms in total. The Balaban J connectivity index is 1.64. The summed E-state index contributed by atoms with van der Waals surface area (Å²) in [5.41, 5.74) is 9.21. The lowest BCUT2D eigenvalue weighted by Crippen LogP contribution is -2.29. The molecule has 0 fully saturated rings. The standard InChI is InChI=1S/C41H34N4O2P2/c1-30-22-24-31(25-23-30)38-43-39(32-26-28-33(42)29-27-32)45-40(44-38)41(48(46,34-14-6-2-7-15-34)35-16-8-3-9-17-35)49(47,36-18-10-4-11-19-36)37-20-12-5-13-21-37/h2-29,41H,42H2,1H3. The van der Waals surface area contributed by atoms with Crippen molar-refractivity contribution < 1.29 is 9.13 Å². The van der Waals surface area contributed by atoms with Gasteiger partial charge in [-0.25, -0.2) is 15.0 Å². The Labute approximate surface area is 286 Å². The summed E-state index contributed by atoms with van der Waals surface area (Å²) in [5, 5.41) is 1.04. The van der Waals surface area contributed by atoms with Gasteiger partial charge in [-0.3, -0.25) is 0 Å². The van der Waals surface area contributed by atoms with Crippen molar-refractivity contribution in [1.29, 1.82) is 0 Å². The number of anilines is 1. The first-order valence-corrected chi connectivity index (χ1v) is 19.5. The van der Waals surface area contributed by atoms with Gasteiger partial charge in [-0.05, 0) is 31.2 Å². The first-order valence-electron chi connectivity index (χ1n) is 16.0. The quantitative estimate of drug-likeness (QED) is 0.123. The van der Waals surface area contributed by atoms with Gasteiger partial charge in [-0.15, -0.1) is 0 Å². The van der Waals surface area contributed by atoms with Crippen LogP contribution in [-0.2, 0) is 9.13 Å². The lowest BCUT2D eigenvalue weighted by molar-refractivity contribution is 0.572. The molecule has 0 aliphatic heterocycles. The van der Waals surface area contributed by atoms with E-state index in [9.17, 15) is 0 Å². The number of rotatable bonds is 9. The van der Waals surface area contributed by atoms with E-state index in [0.29, 0.717) is 44.1 Å². The summed E-state index contributed by atoms with van der Waals surface area (Å²) in [5.74, 6) is 0.942. The van der Waals surface area contributed by atoms with Crippen LogP contribution >= 0.6 is 14.3 Å². The van der Waals surface area contributed by atoms with Crippen LogP contribution in [0.25, 0.3) is 22.8 Å². The molecule has 0 amide bonds. The molecule has 0 spiro atoms. The normalized spacial score (nSPS) is 11.8. The highest BCUT2D eigenvalue weighted by Crippen LogP contribution is 2.74. The van der Waals surface area contributed by atoms with Crippen LogP contribution in [0.5, 0.6) is 0 Å². The van der Waals surface area contributed by atoms with Gasteiger partial charge in [-0.1, -0.05) is 151 Å². The molecule has 2 N–H and O–H groups in total. The van der Waals surface area contributed by atoms with Crippen molar-refractivity contribution in [3.8, 4) is 22.8 Å². The van der Waals surface area contributed by atoms with Crippen molar-refractivity contribution in [1.82, 2.24) is 15.0 Å². The number of nitrogen functional groups attached to an aromatic ring is 1. The van der Waals surface area contributed by atoms with Gasteiger partial charge < -0.3 is 14.9 Å². The topological polar surface area (TPSA) is 98.8 Å². The maximum Gasteiger partial charge on any atom is 0.163 e. The molecule has 49 heavy (non-hydrogen) atoms. The molecule has 0 aliphatic rings. The van der Waals surface area contributed by atoms with Crippen molar-refractivity contribution >= 4 is 41.2 Å².